The maximum Gasteiger partial charge on any atom is 0.234 e. The molecule has 0 saturated carbocycles. The Balaban J connectivity index is 1.38. The summed E-state index contributed by atoms with van der Waals surface area (Å²) in [6, 6.07) is 33.3. The van der Waals surface area contributed by atoms with Crippen LogP contribution in [0.25, 0.3) is 11.1 Å². The molecule has 1 heterocycles. The number of hydrogen-bond acceptors (Lipinski definition) is 4. The van der Waals surface area contributed by atoms with Crippen molar-refractivity contribution in [2.24, 2.45) is 0 Å². The van der Waals surface area contributed by atoms with E-state index in [4.69, 9.17) is 5.26 Å². The van der Waals surface area contributed by atoms with Gasteiger partial charge in [0.05, 0.1) is 17.6 Å². The third-order valence-corrected chi connectivity index (χ3v) is 5.66. The topological polar surface area (TPSA) is 77.8 Å². The van der Waals surface area contributed by atoms with Crippen LogP contribution in [-0.4, -0.2) is 24.0 Å². The van der Waals surface area contributed by atoms with E-state index in [1.54, 1.807) is 6.20 Å². The highest BCUT2D eigenvalue weighted by Gasteiger charge is 2.20. The third kappa shape index (κ3) is 6.16. The van der Waals surface area contributed by atoms with Gasteiger partial charge >= 0.3 is 0 Å². The van der Waals surface area contributed by atoms with Crippen molar-refractivity contribution in [2.45, 2.75) is 12.3 Å². The molecule has 0 aliphatic rings. The zero-order valence-electron chi connectivity index (χ0n) is 18.8. The summed E-state index contributed by atoms with van der Waals surface area (Å²) < 4.78 is 0. The maximum atomic E-state index is 13.2. The van der Waals surface area contributed by atoms with E-state index < -0.39 is 0 Å². The fourth-order valence-corrected chi connectivity index (χ4v) is 3.75. The van der Waals surface area contributed by atoms with E-state index >= 15 is 0 Å². The number of aromatic nitrogens is 1. The maximum absolute atomic E-state index is 13.2. The monoisotopic (exact) mass is 446 g/mol. The van der Waals surface area contributed by atoms with Crippen molar-refractivity contribution in [3.05, 3.63) is 120 Å². The van der Waals surface area contributed by atoms with E-state index in [1.165, 1.54) is 0 Å². The van der Waals surface area contributed by atoms with Crippen LogP contribution < -0.4 is 10.6 Å². The normalized spacial score (nSPS) is 11.4. The molecule has 2 N–H and O–H groups in total. The quantitative estimate of drug-likeness (QED) is 0.348. The highest BCUT2D eigenvalue weighted by molar-refractivity contribution is 5.95. The lowest BCUT2D eigenvalue weighted by Crippen LogP contribution is -2.32. The van der Waals surface area contributed by atoms with Gasteiger partial charge in [0.15, 0.2) is 0 Å². The summed E-state index contributed by atoms with van der Waals surface area (Å²) in [5.41, 5.74) is 4.84. The minimum absolute atomic E-state index is 0.1000. The van der Waals surface area contributed by atoms with E-state index in [-0.39, 0.29) is 11.8 Å². The second-order valence-electron chi connectivity index (χ2n) is 8.01. The van der Waals surface area contributed by atoms with Gasteiger partial charge in [-0.15, -0.1) is 0 Å². The van der Waals surface area contributed by atoms with Crippen molar-refractivity contribution in [3.8, 4) is 17.2 Å². The number of nitrogens with one attached hydrogen (secondary N) is 2. The van der Waals surface area contributed by atoms with Gasteiger partial charge in [-0.1, -0.05) is 72.8 Å². The molecule has 0 fully saturated rings. The molecule has 0 radical (unpaired) electrons. The Morgan fingerprint density at radius 1 is 0.853 bits per heavy atom. The van der Waals surface area contributed by atoms with Gasteiger partial charge in [-0.25, -0.2) is 4.98 Å². The Hall–Kier alpha value is -4.27. The first-order valence-corrected chi connectivity index (χ1v) is 11.3. The second kappa shape index (κ2) is 11.6. The second-order valence-corrected chi connectivity index (χ2v) is 8.01. The molecule has 4 rings (SSSR count). The van der Waals surface area contributed by atoms with Crippen molar-refractivity contribution in [1.82, 2.24) is 10.3 Å². The van der Waals surface area contributed by atoms with Crippen molar-refractivity contribution in [3.63, 3.8) is 0 Å². The summed E-state index contributed by atoms with van der Waals surface area (Å²) in [5, 5.41) is 15.3. The van der Waals surface area contributed by atoms with Crippen LogP contribution in [0.1, 0.15) is 22.6 Å². The summed E-state index contributed by atoms with van der Waals surface area (Å²) in [4.78, 5) is 17.6. The van der Waals surface area contributed by atoms with Crippen LogP contribution >= 0.6 is 0 Å². The molecule has 0 saturated heterocycles. The molecule has 1 aromatic heterocycles. The van der Waals surface area contributed by atoms with Crippen LogP contribution in [0.5, 0.6) is 0 Å². The number of amides is 1. The summed E-state index contributed by atoms with van der Waals surface area (Å²) >= 11 is 0. The molecule has 0 aliphatic carbocycles. The number of benzene rings is 3. The Labute approximate surface area is 200 Å². The summed E-state index contributed by atoms with van der Waals surface area (Å²) in [6.07, 6.45) is 2.59. The first-order chi connectivity index (χ1) is 16.7. The van der Waals surface area contributed by atoms with Gasteiger partial charge in [0, 0.05) is 18.3 Å². The lowest BCUT2D eigenvalue weighted by molar-refractivity contribution is -0.117. The van der Waals surface area contributed by atoms with Crippen LogP contribution in [0.2, 0.25) is 0 Å². The van der Waals surface area contributed by atoms with E-state index in [1.807, 2.05) is 97.1 Å². The Bertz CT molecular complexity index is 1230. The average molecular weight is 447 g/mol. The molecule has 0 spiro atoms. The van der Waals surface area contributed by atoms with Crippen molar-refractivity contribution < 1.29 is 4.79 Å². The summed E-state index contributed by atoms with van der Waals surface area (Å²) in [7, 11) is 0. The van der Waals surface area contributed by atoms with Gasteiger partial charge in [0.1, 0.15) is 5.82 Å². The Morgan fingerprint density at radius 2 is 1.56 bits per heavy atom. The van der Waals surface area contributed by atoms with Crippen LogP contribution in [0, 0.1) is 11.3 Å². The zero-order chi connectivity index (χ0) is 23.6. The van der Waals surface area contributed by atoms with Gasteiger partial charge in [0.25, 0.3) is 0 Å². The van der Waals surface area contributed by atoms with Crippen molar-refractivity contribution in [1.29, 1.82) is 5.26 Å². The molecule has 168 valence electrons. The van der Waals surface area contributed by atoms with Crippen LogP contribution in [0.3, 0.4) is 0 Å². The lowest BCUT2D eigenvalue weighted by atomic mass is 9.98. The highest BCUT2D eigenvalue weighted by atomic mass is 16.2. The van der Waals surface area contributed by atoms with E-state index in [9.17, 15) is 4.79 Å². The number of nitrogens with zero attached hydrogens (tertiary/aromatic N) is 2. The first-order valence-electron chi connectivity index (χ1n) is 11.3. The highest BCUT2D eigenvalue weighted by Crippen LogP contribution is 2.21. The largest absolute Gasteiger partial charge is 0.315 e. The molecule has 1 unspecified atom stereocenters. The molecule has 1 amide bonds. The molecular formula is C29H26N4O. The SMILES string of the molecule is N#Cc1ccc(CCNCC(C(=O)Nc2ccc(-c3ccccc3)cn2)c2ccccc2)cc1. The minimum Gasteiger partial charge on any atom is -0.315 e. The van der Waals surface area contributed by atoms with E-state index in [0.717, 1.165) is 35.2 Å². The molecule has 5 heteroatoms. The number of hydrogen-bond donors (Lipinski definition) is 2. The number of carbonyl (C=O) groups excluding carboxylic acids is 1. The smallest absolute Gasteiger partial charge is 0.234 e. The Kier molecular flexibility index (Phi) is 7.78. The zero-order valence-corrected chi connectivity index (χ0v) is 18.8. The molecule has 3 aromatic carbocycles. The van der Waals surface area contributed by atoms with Crippen molar-refractivity contribution in [2.75, 3.05) is 18.4 Å². The van der Waals surface area contributed by atoms with Crippen LogP contribution in [-0.2, 0) is 11.2 Å². The molecule has 0 bridgehead atoms. The predicted molar refractivity (Wildman–Crippen MR) is 135 cm³/mol. The lowest BCUT2D eigenvalue weighted by Gasteiger charge is -2.18. The molecule has 0 aliphatic heterocycles. The first kappa shape index (κ1) is 22.9. The number of anilines is 1. The van der Waals surface area contributed by atoms with E-state index in [2.05, 4.69) is 21.7 Å². The average Bonchev–Trinajstić information content (AvgIpc) is 2.90. The van der Waals surface area contributed by atoms with Gasteiger partial charge in [0.2, 0.25) is 5.91 Å². The summed E-state index contributed by atoms with van der Waals surface area (Å²) in [6.45, 7) is 1.24. The number of pyridine rings is 1. The Morgan fingerprint density at radius 3 is 2.21 bits per heavy atom. The molecular weight excluding hydrogens is 420 g/mol. The standard InChI is InChI=1S/C29H26N4O/c30-19-23-13-11-22(12-14-23)17-18-31-21-27(25-9-5-2-6-10-25)29(34)33-28-16-15-26(20-32-28)24-7-3-1-4-8-24/h1-16,20,27,31H,17-18,21H2,(H,32,33,34). The van der Waals surface area contributed by atoms with Gasteiger partial charge in [-0.05, 0) is 53.9 Å². The molecule has 5 nitrogen and oxygen atoms in total. The molecule has 4 aromatic rings. The van der Waals surface area contributed by atoms with E-state index in [0.29, 0.717) is 17.9 Å². The van der Waals surface area contributed by atoms with Gasteiger partial charge in [-0.3, -0.25) is 4.79 Å². The van der Waals surface area contributed by atoms with Crippen LogP contribution in [0.4, 0.5) is 5.82 Å². The van der Waals surface area contributed by atoms with Gasteiger partial charge in [-0.2, -0.15) is 5.26 Å². The fourth-order valence-electron chi connectivity index (χ4n) is 3.75. The number of carbonyl (C=O) groups is 1. The molecule has 1 atom stereocenters. The minimum atomic E-state index is -0.349. The van der Waals surface area contributed by atoms with Crippen molar-refractivity contribution >= 4 is 11.7 Å². The predicted octanol–water partition coefficient (Wildman–Crippen LogP) is 5.17. The third-order valence-electron chi connectivity index (χ3n) is 5.66. The summed E-state index contributed by atoms with van der Waals surface area (Å²) in [5.74, 6) is 0.0815. The number of rotatable bonds is 9. The molecule has 34 heavy (non-hydrogen) atoms. The number of nitriles is 1. The van der Waals surface area contributed by atoms with Crippen LogP contribution in [0.15, 0.2) is 103 Å². The van der Waals surface area contributed by atoms with Gasteiger partial charge < -0.3 is 10.6 Å². The fraction of sp³-hybridized carbons (Fsp3) is 0.138.